The molecule has 1 heterocycles. The van der Waals surface area contributed by atoms with Gasteiger partial charge in [-0.1, -0.05) is 18.2 Å². The number of fused-ring (bicyclic) bond motifs is 1. The summed E-state index contributed by atoms with van der Waals surface area (Å²) < 4.78 is 0. The average Bonchev–Trinajstić information content (AvgIpc) is 2.83. The molecule has 6 heteroatoms. The lowest BCUT2D eigenvalue weighted by Crippen LogP contribution is -2.43. The van der Waals surface area contributed by atoms with Gasteiger partial charge in [-0.25, -0.2) is 0 Å². The Morgan fingerprint density at radius 2 is 2.16 bits per heavy atom. The van der Waals surface area contributed by atoms with Crippen molar-refractivity contribution >= 4 is 41.5 Å². The van der Waals surface area contributed by atoms with E-state index >= 15 is 0 Å². The highest BCUT2D eigenvalue weighted by molar-refractivity contribution is 14.0. The van der Waals surface area contributed by atoms with Gasteiger partial charge in [0.15, 0.2) is 5.96 Å². The zero-order valence-electron chi connectivity index (χ0n) is 11.1. The van der Waals surface area contributed by atoms with E-state index in [0.29, 0.717) is 5.96 Å². The summed E-state index contributed by atoms with van der Waals surface area (Å²) in [6.45, 7) is 1.01. The molecule has 1 amide bonds. The number of nitrogens with zero attached hydrogens (tertiary/aromatic N) is 2. The van der Waals surface area contributed by atoms with Crippen molar-refractivity contribution < 1.29 is 4.79 Å². The molecule has 0 saturated heterocycles. The molecule has 0 unspecified atom stereocenters. The van der Waals surface area contributed by atoms with Crippen molar-refractivity contribution in [2.24, 2.45) is 4.99 Å². The quantitative estimate of drug-likeness (QED) is 0.461. The second-order valence-electron chi connectivity index (χ2n) is 4.10. The third kappa shape index (κ3) is 3.59. The van der Waals surface area contributed by atoms with E-state index in [2.05, 4.69) is 21.7 Å². The van der Waals surface area contributed by atoms with E-state index in [0.717, 1.165) is 18.7 Å². The Kier molecular flexibility index (Phi) is 6.07. The van der Waals surface area contributed by atoms with E-state index in [1.54, 1.807) is 14.1 Å². The van der Waals surface area contributed by atoms with E-state index in [1.165, 1.54) is 5.56 Å². The van der Waals surface area contributed by atoms with Crippen LogP contribution in [0, 0.1) is 0 Å². The lowest BCUT2D eigenvalue weighted by Gasteiger charge is -2.18. The fourth-order valence-electron chi connectivity index (χ4n) is 2.13. The summed E-state index contributed by atoms with van der Waals surface area (Å²) >= 11 is 0. The first kappa shape index (κ1) is 15.7. The van der Waals surface area contributed by atoms with Gasteiger partial charge in [0, 0.05) is 26.3 Å². The Morgan fingerprint density at radius 1 is 1.42 bits per heavy atom. The van der Waals surface area contributed by atoms with Crippen molar-refractivity contribution in [3.8, 4) is 0 Å². The summed E-state index contributed by atoms with van der Waals surface area (Å²) in [7, 11) is 3.44. The second-order valence-corrected chi connectivity index (χ2v) is 4.10. The van der Waals surface area contributed by atoms with Crippen LogP contribution in [0.3, 0.4) is 0 Å². The monoisotopic (exact) mass is 374 g/mol. The highest BCUT2D eigenvalue weighted by Crippen LogP contribution is 2.27. The third-order valence-corrected chi connectivity index (χ3v) is 3.06. The van der Waals surface area contributed by atoms with Crippen molar-refractivity contribution in [3.63, 3.8) is 0 Å². The standard InChI is InChI=1S/C13H18N4O.HI/c1-14-13(15-2)16-9-12(18)17-8-7-10-5-3-4-6-11(10)17;/h3-6H,7-9H2,1-2H3,(H2,14,15,16);1H. The summed E-state index contributed by atoms with van der Waals surface area (Å²) in [5.41, 5.74) is 2.27. The van der Waals surface area contributed by atoms with E-state index in [1.807, 2.05) is 23.1 Å². The second kappa shape index (κ2) is 7.32. The number of hydrogen-bond acceptors (Lipinski definition) is 2. The van der Waals surface area contributed by atoms with Gasteiger partial charge in [-0.2, -0.15) is 0 Å². The van der Waals surface area contributed by atoms with Gasteiger partial charge in [-0.05, 0) is 18.1 Å². The number of anilines is 1. The molecule has 0 aliphatic carbocycles. The molecule has 2 rings (SSSR count). The number of benzene rings is 1. The Hall–Kier alpha value is -1.31. The van der Waals surface area contributed by atoms with Gasteiger partial charge in [-0.3, -0.25) is 9.79 Å². The molecular formula is C13H19IN4O. The summed E-state index contributed by atoms with van der Waals surface area (Å²) in [6, 6.07) is 8.04. The van der Waals surface area contributed by atoms with Crippen LogP contribution in [0.15, 0.2) is 29.3 Å². The average molecular weight is 374 g/mol. The number of guanidine groups is 1. The molecule has 1 aromatic carbocycles. The van der Waals surface area contributed by atoms with Crippen LogP contribution in [-0.4, -0.2) is 39.1 Å². The normalized spacial score (nSPS) is 13.6. The number of carbonyl (C=O) groups is 1. The molecule has 1 aliphatic rings. The smallest absolute Gasteiger partial charge is 0.246 e. The Bertz CT molecular complexity index is 475. The van der Waals surface area contributed by atoms with E-state index < -0.39 is 0 Å². The number of hydrogen-bond donors (Lipinski definition) is 2. The maximum Gasteiger partial charge on any atom is 0.246 e. The van der Waals surface area contributed by atoms with E-state index in [-0.39, 0.29) is 36.4 Å². The van der Waals surface area contributed by atoms with Gasteiger partial charge in [0.1, 0.15) is 0 Å². The van der Waals surface area contributed by atoms with Crippen molar-refractivity contribution in [1.29, 1.82) is 0 Å². The molecule has 0 bridgehead atoms. The molecule has 0 atom stereocenters. The predicted molar refractivity (Wildman–Crippen MR) is 88.3 cm³/mol. The molecular weight excluding hydrogens is 355 g/mol. The van der Waals surface area contributed by atoms with E-state index in [9.17, 15) is 4.79 Å². The number of carbonyl (C=O) groups excluding carboxylic acids is 1. The summed E-state index contributed by atoms with van der Waals surface area (Å²) in [5, 5.41) is 5.86. The minimum absolute atomic E-state index is 0. The van der Waals surface area contributed by atoms with Gasteiger partial charge in [0.2, 0.25) is 5.91 Å². The lowest BCUT2D eigenvalue weighted by molar-refractivity contribution is -0.117. The number of rotatable bonds is 2. The molecule has 5 nitrogen and oxygen atoms in total. The third-order valence-electron chi connectivity index (χ3n) is 3.06. The summed E-state index contributed by atoms with van der Waals surface area (Å²) in [5.74, 6) is 0.687. The Labute approximate surface area is 130 Å². The molecule has 2 N–H and O–H groups in total. The lowest BCUT2D eigenvalue weighted by atomic mass is 10.2. The zero-order valence-corrected chi connectivity index (χ0v) is 13.5. The van der Waals surface area contributed by atoms with E-state index in [4.69, 9.17) is 0 Å². The van der Waals surface area contributed by atoms with Gasteiger partial charge in [0.05, 0.1) is 6.54 Å². The van der Waals surface area contributed by atoms with Crippen LogP contribution in [0.5, 0.6) is 0 Å². The van der Waals surface area contributed by atoms with Crippen molar-refractivity contribution in [2.45, 2.75) is 6.42 Å². The van der Waals surface area contributed by atoms with Crippen LogP contribution in [0.2, 0.25) is 0 Å². The molecule has 0 spiro atoms. The van der Waals surface area contributed by atoms with Crippen LogP contribution in [0.25, 0.3) is 0 Å². The maximum atomic E-state index is 12.1. The molecule has 104 valence electrons. The van der Waals surface area contributed by atoms with Crippen LogP contribution >= 0.6 is 24.0 Å². The number of aliphatic imine (C=N–C) groups is 1. The van der Waals surface area contributed by atoms with Gasteiger partial charge >= 0.3 is 0 Å². The molecule has 19 heavy (non-hydrogen) atoms. The minimum atomic E-state index is 0. The van der Waals surface area contributed by atoms with Crippen LogP contribution in [0.1, 0.15) is 5.56 Å². The zero-order chi connectivity index (χ0) is 13.0. The molecule has 0 radical (unpaired) electrons. The van der Waals surface area contributed by atoms with Gasteiger partial charge in [0.25, 0.3) is 0 Å². The number of amides is 1. The fraction of sp³-hybridized carbons (Fsp3) is 0.385. The fourth-order valence-corrected chi connectivity index (χ4v) is 2.13. The molecule has 0 fully saturated rings. The predicted octanol–water partition coefficient (Wildman–Crippen LogP) is 0.989. The largest absolute Gasteiger partial charge is 0.359 e. The number of halogens is 1. The number of para-hydroxylation sites is 1. The number of nitrogens with one attached hydrogen (secondary N) is 2. The first-order valence-electron chi connectivity index (χ1n) is 6.03. The first-order valence-corrected chi connectivity index (χ1v) is 6.03. The van der Waals surface area contributed by atoms with Crippen molar-refractivity contribution in [2.75, 3.05) is 32.1 Å². The van der Waals surface area contributed by atoms with Gasteiger partial charge in [-0.15, -0.1) is 24.0 Å². The van der Waals surface area contributed by atoms with Crippen molar-refractivity contribution in [1.82, 2.24) is 10.6 Å². The summed E-state index contributed by atoms with van der Waals surface area (Å²) in [6.07, 6.45) is 0.933. The molecule has 0 aromatic heterocycles. The van der Waals surface area contributed by atoms with Crippen molar-refractivity contribution in [3.05, 3.63) is 29.8 Å². The Balaban J connectivity index is 0.00000180. The summed E-state index contributed by atoms with van der Waals surface area (Å²) in [4.78, 5) is 17.9. The Morgan fingerprint density at radius 3 is 2.84 bits per heavy atom. The first-order chi connectivity index (χ1) is 8.76. The molecule has 1 aliphatic heterocycles. The van der Waals surface area contributed by atoms with Crippen LogP contribution in [0.4, 0.5) is 5.69 Å². The SMILES string of the molecule is CN=C(NC)NCC(=O)N1CCc2ccccc21.I. The maximum absolute atomic E-state index is 12.1. The highest BCUT2D eigenvalue weighted by atomic mass is 127. The molecule has 0 saturated carbocycles. The topological polar surface area (TPSA) is 56.7 Å². The minimum Gasteiger partial charge on any atom is -0.359 e. The van der Waals surface area contributed by atoms with Crippen LogP contribution < -0.4 is 15.5 Å². The van der Waals surface area contributed by atoms with Crippen LogP contribution in [-0.2, 0) is 11.2 Å². The highest BCUT2D eigenvalue weighted by Gasteiger charge is 2.23. The molecule has 1 aromatic rings. The van der Waals surface area contributed by atoms with Gasteiger partial charge < -0.3 is 15.5 Å².